The Kier molecular flexibility index (Phi) is 2.94. The number of fused-ring (bicyclic) bond motifs is 1. The minimum Gasteiger partial charge on any atom is -0.478 e. The van der Waals surface area contributed by atoms with Crippen LogP contribution in [0.5, 0.6) is 0 Å². The van der Waals surface area contributed by atoms with Crippen molar-refractivity contribution in [3.63, 3.8) is 0 Å². The molecule has 0 saturated carbocycles. The lowest BCUT2D eigenvalue weighted by atomic mass is 10.2. The van der Waals surface area contributed by atoms with E-state index in [1.54, 1.807) is 18.2 Å². The van der Waals surface area contributed by atoms with Gasteiger partial charge in [0.25, 0.3) is 0 Å². The third-order valence-electron chi connectivity index (χ3n) is 3.10. The van der Waals surface area contributed by atoms with Gasteiger partial charge in [-0.2, -0.15) is 4.98 Å². The molecule has 7 nitrogen and oxygen atoms in total. The van der Waals surface area contributed by atoms with E-state index in [-0.39, 0.29) is 5.56 Å². The van der Waals surface area contributed by atoms with Crippen LogP contribution in [0.2, 0.25) is 0 Å². The minimum atomic E-state index is -0.979. The Bertz CT molecular complexity index is 761. The molecule has 0 atom stereocenters. The molecule has 0 saturated heterocycles. The second kappa shape index (κ2) is 4.76. The molecular formula is C13H12N4O3. The molecule has 0 unspecified atom stereocenters. The molecule has 7 heteroatoms. The fourth-order valence-electron chi connectivity index (χ4n) is 2.25. The standard InChI is InChI=1S/C13H12N4O3/c1-2-11-15-9-5-3-4-8(13(18)19)12(9)17(11)6-10-14-7-20-16-10/h3-5,7H,2,6H2,1H3,(H,18,19). The van der Waals surface area contributed by atoms with Gasteiger partial charge in [0.05, 0.1) is 23.1 Å². The summed E-state index contributed by atoms with van der Waals surface area (Å²) < 4.78 is 6.54. The van der Waals surface area contributed by atoms with Crippen molar-refractivity contribution < 1.29 is 14.4 Å². The normalized spacial score (nSPS) is 11.1. The van der Waals surface area contributed by atoms with Crippen molar-refractivity contribution in [3.8, 4) is 0 Å². The second-order valence-corrected chi connectivity index (χ2v) is 4.29. The van der Waals surface area contributed by atoms with Crippen LogP contribution >= 0.6 is 0 Å². The average Bonchev–Trinajstić information content (AvgIpc) is 3.06. The van der Waals surface area contributed by atoms with Gasteiger partial charge in [0, 0.05) is 6.42 Å². The van der Waals surface area contributed by atoms with E-state index >= 15 is 0 Å². The van der Waals surface area contributed by atoms with E-state index < -0.39 is 5.97 Å². The van der Waals surface area contributed by atoms with E-state index in [1.165, 1.54) is 6.39 Å². The molecule has 0 spiro atoms. The number of carboxylic acids is 1. The van der Waals surface area contributed by atoms with Gasteiger partial charge in [-0.25, -0.2) is 9.78 Å². The highest BCUT2D eigenvalue weighted by atomic mass is 16.5. The zero-order valence-corrected chi connectivity index (χ0v) is 10.8. The summed E-state index contributed by atoms with van der Waals surface area (Å²) in [5.74, 6) is 0.296. The number of nitrogens with zero attached hydrogens (tertiary/aromatic N) is 4. The summed E-state index contributed by atoms with van der Waals surface area (Å²) in [6, 6.07) is 5.06. The Hall–Kier alpha value is -2.70. The molecule has 0 aliphatic heterocycles. The van der Waals surface area contributed by atoms with E-state index in [1.807, 2.05) is 11.5 Å². The van der Waals surface area contributed by atoms with Gasteiger partial charge in [-0.3, -0.25) is 0 Å². The van der Waals surface area contributed by atoms with Crippen molar-refractivity contribution in [3.05, 3.63) is 41.8 Å². The highest BCUT2D eigenvalue weighted by Gasteiger charge is 2.17. The monoisotopic (exact) mass is 272 g/mol. The van der Waals surface area contributed by atoms with Gasteiger partial charge in [-0.1, -0.05) is 18.1 Å². The number of benzene rings is 1. The highest BCUT2D eigenvalue weighted by Crippen LogP contribution is 2.22. The van der Waals surface area contributed by atoms with Crippen LogP contribution in [0.3, 0.4) is 0 Å². The second-order valence-electron chi connectivity index (χ2n) is 4.29. The predicted molar refractivity (Wildman–Crippen MR) is 69.5 cm³/mol. The molecule has 1 aromatic carbocycles. The van der Waals surface area contributed by atoms with Crippen LogP contribution in [0, 0.1) is 0 Å². The molecule has 0 radical (unpaired) electrons. The summed E-state index contributed by atoms with van der Waals surface area (Å²) in [5, 5.41) is 13.1. The smallest absolute Gasteiger partial charge is 0.337 e. The zero-order valence-electron chi connectivity index (χ0n) is 10.8. The van der Waals surface area contributed by atoms with Crippen LogP contribution in [-0.4, -0.2) is 30.8 Å². The van der Waals surface area contributed by atoms with E-state index in [0.717, 1.165) is 5.82 Å². The largest absolute Gasteiger partial charge is 0.478 e. The number of carboxylic acid groups (broad SMARTS) is 1. The lowest BCUT2D eigenvalue weighted by Gasteiger charge is -2.06. The summed E-state index contributed by atoms with van der Waals surface area (Å²) in [4.78, 5) is 19.8. The topological polar surface area (TPSA) is 94.0 Å². The molecule has 0 aliphatic rings. The molecule has 0 aliphatic carbocycles. The minimum absolute atomic E-state index is 0.221. The fourth-order valence-corrected chi connectivity index (χ4v) is 2.25. The Morgan fingerprint density at radius 1 is 1.45 bits per heavy atom. The molecule has 2 aromatic heterocycles. The number of aryl methyl sites for hydroxylation is 1. The quantitative estimate of drug-likeness (QED) is 0.777. The van der Waals surface area contributed by atoms with Crippen molar-refractivity contribution >= 4 is 17.0 Å². The average molecular weight is 272 g/mol. The molecular weight excluding hydrogens is 260 g/mol. The fraction of sp³-hybridized carbons (Fsp3) is 0.231. The van der Waals surface area contributed by atoms with E-state index in [4.69, 9.17) is 4.52 Å². The maximum absolute atomic E-state index is 11.4. The highest BCUT2D eigenvalue weighted by molar-refractivity contribution is 6.01. The van der Waals surface area contributed by atoms with Crippen LogP contribution in [-0.2, 0) is 13.0 Å². The van der Waals surface area contributed by atoms with Gasteiger partial charge in [0.2, 0.25) is 6.39 Å². The van der Waals surface area contributed by atoms with E-state index in [2.05, 4.69) is 15.1 Å². The number of carbonyl (C=O) groups is 1. The molecule has 0 bridgehead atoms. The Balaban J connectivity index is 2.24. The van der Waals surface area contributed by atoms with Crippen molar-refractivity contribution in [2.75, 3.05) is 0 Å². The third kappa shape index (κ3) is 1.93. The van der Waals surface area contributed by atoms with Crippen LogP contribution in [0.1, 0.15) is 28.9 Å². The van der Waals surface area contributed by atoms with Crippen LogP contribution in [0.15, 0.2) is 29.1 Å². The molecule has 0 amide bonds. The number of para-hydroxylation sites is 1. The molecule has 2 heterocycles. The zero-order chi connectivity index (χ0) is 14.1. The van der Waals surface area contributed by atoms with Crippen molar-refractivity contribution in [2.45, 2.75) is 19.9 Å². The molecule has 3 rings (SSSR count). The van der Waals surface area contributed by atoms with Gasteiger partial charge < -0.3 is 14.2 Å². The summed E-state index contributed by atoms with van der Waals surface area (Å²) in [5.41, 5.74) is 1.46. The number of aromatic nitrogens is 4. The summed E-state index contributed by atoms with van der Waals surface area (Å²) in [6.45, 7) is 2.30. The first-order chi connectivity index (χ1) is 9.70. The Morgan fingerprint density at radius 2 is 2.30 bits per heavy atom. The molecule has 102 valence electrons. The van der Waals surface area contributed by atoms with Crippen molar-refractivity contribution in [2.24, 2.45) is 0 Å². The SMILES string of the molecule is CCc1nc2cccc(C(=O)O)c2n1Cc1ncon1. The number of rotatable bonds is 4. The maximum Gasteiger partial charge on any atom is 0.337 e. The first-order valence-corrected chi connectivity index (χ1v) is 6.17. The number of hydrogen-bond donors (Lipinski definition) is 1. The van der Waals surface area contributed by atoms with Gasteiger partial charge >= 0.3 is 5.97 Å². The molecule has 0 fully saturated rings. The number of imidazole rings is 1. The summed E-state index contributed by atoms with van der Waals surface area (Å²) >= 11 is 0. The lowest BCUT2D eigenvalue weighted by molar-refractivity contribution is 0.0698. The number of hydrogen-bond acceptors (Lipinski definition) is 5. The summed E-state index contributed by atoms with van der Waals surface area (Å²) in [7, 11) is 0. The molecule has 1 N–H and O–H groups in total. The van der Waals surface area contributed by atoms with E-state index in [9.17, 15) is 9.90 Å². The van der Waals surface area contributed by atoms with Crippen molar-refractivity contribution in [1.82, 2.24) is 19.7 Å². The maximum atomic E-state index is 11.4. The predicted octanol–water partition coefficient (Wildman–Crippen LogP) is 1.73. The van der Waals surface area contributed by atoms with Gasteiger partial charge in [0.1, 0.15) is 5.82 Å². The third-order valence-corrected chi connectivity index (χ3v) is 3.10. The molecule has 20 heavy (non-hydrogen) atoms. The van der Waals surface area contributed by atoms with Gasteiger partial charge in [-0.15, -0.1) is 0 Å². The first kappa shape index (κ1) is 12.3. The molecule has 3 aromatic rings. The van der Waals surface area contributed by atoms with E-state index in [0.29, 0.717) is 29.8 Å². The first-order valence-electron chi connectivity index (χ1n) is 6.17. The van der Waals surface area contributed by atoms with Gasteiger partial charge in [0.15, 0.2) is 5.82 Å². The van der Waals surface area contributed by atoms with Crippen LogP contribution < -0.4 is 0 Å². The Labute approximate surface area is 113 Å². The Morgan fingerprint density at radius 3 is 2.95 bits per heavy atom. The summed E-state index contributed by atoms with van der Waals surface area (Å²) in [6.07, 6.45) is 1.93. The van der Waals surface area contributed by atoms with Crippen LogP contribution in [0.25, 0.3) is 11.0 Å². The number of aromatic carboxylic acids is 1. The van der Waals surface area contributed by atoms with Crippen LogP contribution in [0.4, 0.5) is 0 Å². The van der Waals surface area contributed by atoms with Gasteiger partial charge in [-0.05, 0) is 12.1 Å². The van der Waals surface area contributed by atoms with Crippen molar-refractivity contribution in [1.29, 1.82) is 0 Å². The lowest BCUT2D eigenvalue weighted by Crippen LogP contribution is -2.08.